The summed E-state index contributed by atoms with van der Waals surface area (Å²) in [6, 6.07) is 68.2. The first-order valence-corrected chi connectivity index (χ1v) is 20.8. The molecule has 0 amide bonds. The molecule has 1 spiro atoms. The van der Waals surface area contributed by atoms with Crippen molar-refractivity contribution in [2.45, 2.75) is 5.41 Å². The van der Waals surface area contributed by atoms with E-state index in [1.54, 1.807) is 0 Å². The summed E-state index contributed by atoms with van der Waals surface area (Å²) >= 11 is 0. The third kappa shape index (κ3) is 4.79. The van der Waals surface area contributed by atoms with Crippen molar-refractivity contribution in [3.05, 3.63) is 247 Å². The Hall–Kier alpha value is -7.94. The van der Waals surface area contributed by atoms with Gasteiger partial charge >= 0.3 is 0 Å². The first-order chi connectivity index (χ1) is 31.9. The first-order valence-electron chi connectivity index (χ1n) is 22.8. The zero-order valence-corrected chi connectivity index (χ0v) is 32.9. The van der Waals surface area contributed by atoms with Crippen molar-refractivity contribution < 1.29 is 9.90 Å². The fraction of sp³-hybridized carbons (Fsp3) is 0.0169. The van der Waals surface area contributed by atoms with E-state index in [0.29, 0.717) is 11.3 Å². The van der Waals surface area contributed by atoms with Crippen LogP contribution in [-0.4, -0.2) is 0 Å². The molecule has 11 aromatic rings. The highest BCUT2D eigenvalue weighted by atomic mass is 16.3. The Morgan fingerprint density at radius 1 is 0.377 bits per heavy atom. The van der Waals surface area contributed by atoms with Crippen LogP contribution in [0.1, 0.15) is 27.7 Å². The summed E-state index contributed by atoms with van der Waals surface area (Å²) in [5.41, 5.74) is 14.8. The summed E-state index contributed by atoms with van der Waals surface area (Å²) < 4.78 is 45.6. The van der Waals surface area contributed by atoms with Crippen molar-refractivity contribution >= 4 is 49.8 Å². The van der Waals surface area contributed by atoms with Crippen LogP contribution >= 0.6 is 0 Å². The monoisotopic (exact) mass is 779 g/mol. The Bertz CT molecular complexity index is 3710. The molecule has 1 aromatic heterocycles. The highest BCUT2D eigenvalue weighted by Crippen LogP contribution is 2.64. The molecule has 2 aliphatic rings. The molecular formula is C59H37NO. The number of hydrogen-bond donors (Lipinski definition) is 0. The average Bonchev–Trinajstić information content (AvgIpc) is 3.99. The Morgan fingerprint density at radius 2 is 0.918 bits per heavy atom. The van der Waals surface area contributed by atoms with E-state index in [1.165, 1.54) is 27.8 Å². The van der Waals surface area contributed by atoms with Crippen LogP contribution in [0.25, 0.3) is 77.2 Å². The molecular weight excluding hydrogens is 739 g/mol. The third-order valence-corrected chi connectivity index (χ3v) is 13.0. The van der Waals surface area contributed by atoms with Crippen molar-refractivity contribution in [1.82, 2.24) is 0 Å². The fourth-order valence-electron chi connectivity index (χ4n) is 10.5. The zero-order chi connectivity index (χ0) is 43.6. The van der Waals surface area contributed by atoms with Gasteiger partial charge in [-0.1, -0.05) is 182 Å². The lowest BCUT2D eigenvalue weighted by Crippen LogP contribution is -2.26. The van der Waals surface area contributed by atoms with Crippen molar-refractivity contribution in [3.8, 4) is 44.5 Å². The number of hydrogen-bond acceptors (Lipinski definition) is 2. The van der Waals surface area contributed by atoms with Gasteiger partial charge in [0.25, 0.3) is 0 Å². The minimum Gasteiger partial charge on any atom is -0.456 e. The van der Waals surface area contributed by atoms with E-state index in [1.807, 2.05) is 89.8 Å². The lowest BCUT2D eigenvalue weighted by molar-refractivity contribution is 0.669. The van der Waals surface area contributed by atoms with E-state index < -0.39 is 5.41 Å². The molecule has 2 heteroatoms. The third-order valence-electron chi connectivity index (χ3n) is 13.0. The molecule has 0 atom stereocenters. The van der Waals surface area contributed by atoms with Gasteiger partial charge in [-0.15, -0.1) is 0 Å². The summed E-state index contributed by atoms with van der Waals surface area (Å²) in [7, 11) is 0. The van der Waals surface area contributed by atoms with Crippen LogP contribution in [0.3, 0.4) is 0 Å². The molecule has 2 aliphatic carbocycles. The van der Waals surface area contributed by atoms with Gasteiger partial charge in [-0.25, -0.2) is 0 Å². The van der Waals surface area contributed by atoms with Crippen LogP contribution in [0, 0.1) is 0 Å². The van der Waals surface area contributed by atoms with Gasteiger partial charge < -0.3 is 9.32 Å². The molecule has 0 bridgehead atoms. The number of rotatable bonds is 5. The highest BCUT2D eigenvalue weighted by molar-refractivity contribution is 6.12. The molecule has 0 aliphatic heterocycles. The lowest BCUT2D eigenvalue weighted by atomic mass is 9.70. The van der Waals surface area contributed by atoms with Crippen molar-refractivity contribution in [3.63, 3.8) is 0 Å². The minimum absolute atomic E-state index is 0.0967. The molecule has 10 aromatic carbocycles. The summed E-state index contributed by atoms with van der Waals surface area (Å²) in [6.45, 7) is 0. The van der Waals surface area contributed by atoms with Gasteiger partial charge in [0, 0.05) is 27.7 Å². The van der Waals surface area contributed by atoms with Crippen LogP contribution < -0.4 is 4.90 Å². The van der Waals surface area contributed by atoms with E-state index in [4.69, 9.17) is 4.42 Å². The lowest BCUT2D eigenvalue weighted by Gasteiger charge is -2.32. The molecule has 284 valence electrons. The Labute approximate surface area is 359 Å². The minimum atomic E-state index is -0.621. The molecule has 13 rings (SSSR count). The molecule has 2 nitrogen and oxygen atoms in total. The highest BCUT2D eigenvalue weighted by Gasteiger charge is 2.52. The average molecular weight is 780 g/mol. The second kappa shape index (κ2) is 13.0. The van der Waals surface area contributed by atoms with Crippen LogP contribution in [0.4, 0.5) is 17.1 Å². The topological polar surface area (TPSA) is 16.4 Å². The van der Waals surface area contributed by atoms with Crippen LogP contribution in [0.15, 0.2) is 229 Å². The van der Waals surface area contributed by atoms with Crippen LogP contribution in [0.2, 0.25) is 0 Å². The van der Waals surface area contributed by atoms with Crippen molar-refractivity contribution in [1.29, 1.82) is 0 Å². The molecule has 0 fully saturated rings. The van der Waals surface area contributed by atoms with E-state index >= 15 is 0 Å². The summed E-state index contributed by atoms with van der Waals surface area (Å²) in [5.74, 6) is 0. The molecule has 0 N–H and O–H groups in total. The maximum atomic E-state index is 9.94. The van der Waals surface area contributed by atoms with Crippen LogP contribution in [0.5, 0.6) is 0 Å². The van der Waals surface area contributed by atoms with Gasteiger partial charge in [-0.05, 0) is 114 Å². The SMILES string of the molecule is [2H]c1c([2H])c(N(c2ccc(-c3cccc4oc5ccccc5c34)cc2)c2cccc3c2-c2ccccc2C32c3ccccc3-c3ccccc32)c([2H])c([2H])c1-c1cccc2ccccc12. The standard InChI is InChI=1S/C59H37NO/c1-2-16-43-38(14-1)15-11-21-44(43)39-30-34-41(35-31-39)60(42-36-32-40(33-37-42)45-22-12-29-56-57(45)49-20-6-10-28-55(49)61-56)54-27-13-26-53-58(54)48-19-5-9-25-52(48)59(53)50-23-7-3-17-46(50)47-18-4-8-24-51(47)59/h1-37H/i30D,31D,34D,35D. The largest absolute Gasteiger partial charge is 0.456 e. The molecule has 0 saturated carbocycles. The Balaban J connectivity index is 1.08. The second-order valence-corrected chi connectivity index (χ2v) is 16.0. The van der Waals surface area contributed by atoms with Gasteiger partial charge in [-0.3, -0.25) is 0 Å². The number of benzene rings is 10. The van der Waals surface area contributed by atoms with Gasteiger partial charge in [0.2, 0.25) is 0 Å². The molecule has 0 saturated heterocycles. The van der Waals surface area contributed by atoms with Gasteiger partial charge in [0.05, 0.1) is 16.6 Å². The number of nitrogens with zero attached hydrogens (tertiary/aromatic N) is 1. The quantitative estimate of drug-likeness (QED) is 0.173. The number of anilines is 3. The van der Waals surface area contributed by atoms with E-state index in [0.717, 1.165) is 66.2 Å². The Morgan fingerprint density at radius 3 is 1.69 bits per heavy atom. The summed E-state index contributed by atoms with van der Waals surface area (Å²) in [6.07, 6.45) is 0. The predicted molar refractivity (Wildman–Crippen MR) is 253 cm³/mol. The number of furan rings is 1. The fourth-order valence-corrected chi connectivity index (χ4v) is 10.5. The summed E-state index contributed by atoms with van der Waals surface area (Å²) in [4.78, 5) is 1.96. The molecule has 61 heavy (non-hydrogen) atoms. The van der Waals surface area contributed by atoms with Gasteiger partial charge in [0.15, 0.2) is 0 Å². The van der Waals surface area contributed by atoms with E-state index in [9.17, 15) is 5.48 Å². The number of fused-ring (bicyclic) bond motifs is 14. The predicted octanol–water partition coefficient (Wildman–Crippen LogP) is 15.9. The van der Waals surface area contributed by atoms with Gasteiger partial charge in [0.1, 0.15) is 11.2 Å². The van der Waals surface area contributed by atoms with Crippen molar-refractivity contribution in [2.24, 2.45) is 0 Å². The molecule has 1 heterocycles. The van der Waals surface area contributed by atoms with Crippen molar-refractivity contribution in [2.75, 3.05) is 4.90 Å². The molecule has 0 unspecified atom stereocenters. The smallest absolute Gasteiger partial charge is 0.136 e. The summed E-state index contributed by atoms with van der Waals surface area (Å²) in [5, 5.41) is 3.92. The second-order valence-electron chi connectivity index (χ2n) is 16.0. The van der Waals surface area contributed by atoms with E-state index in [2.05, 4.69) is 115 Å². The molecule has 0 radical (unpaired) electrons. The Kier molecular flexibility index (Phi) is 6.44. The maximum Gasteiger partial charge on any atom is 0.136 e. The zero-order valence-electron chi connectivity index (χ0n) is 36.9. The first kappa shape index (κ1) is 30.2. The van der Waals surface area contributed by atoms with E-state index in [-0.39, 0.29) is 35.4 Å². The van der Waals surface area contributed by atoms with Crippen LogP contribution in [-0.2, 0) is 5.41 Å². The van der Waals surface area contributed by atoms with Gasteiger partial charge in [-0.2, -0.15) is 0 Å². The maximum absolute atomic E-state index is 9.94. The normalized spacial score (nSPS) is 14.0. The number of para-hydroxylation sites is 1.